The molecule has 1 aromatic carbocycles. The summed E-state index contributed by atoms with van der Waals surface area (Å²) in [7, 11) is 3.31. The van der Waals surface area contributed by atoms with E-state index in [1.54, 1.807) is 14.2 Å². The topological polar surface area (TPSA) is 51.7 Å². The molecular weight excluding hydrogens is 304 g/mol. The molecule has 1 aromatic heterocycles. The van der Waals surface area contributed by atoms with E-state index in [4.69, 9.17) is 9.47 Å². The third kappa shape index (κ3) is 3.22. The number of rotatable bonds is 4. The first kappa shape index (κ1) is 16.7. The second-order valence-corrected chi connectivity index (χ2v) is 6.77. The fourth-order valence-electron chi connectivity index (χ4n) is 3.34. The van der Waals surface area contributed by atoms with E-state index in [1.807, 2.05) is 35.2 Å². The van der Waals surface area contributed by atoms with Crippen LogP contribution in [0.25, 0.3) is 10.8 Å². The number of amides is 1. The predicted molar refractivity (Wildman–Crippen MR) is 93.4 cm³/mol. The Bertz CT molecular complexity index is 736. The molecule has 2 aromatic rings. The van der Waals surface area contributed by atoms with Crippen LogP contribution in [0, 0.1) is 5.41 Å². The van der Waals surface area contributed by atoms with Gasteiger partial charge in [0.15, 0.2) is 0 Å². The summed E-state index contributed by atoms with van der Waals surface area (Å²) in [5.41, 5.74) is 0.598. The molecule has 3 rings (SSSR count). The standard InChI is InChI=1S/C19H24N2O3/c1-19(13-23-2)8-10-21(11-9-19)18(22)16-12-14-6-4-5-7-15(14)17(20-16)24-3/h4-7,12H,8-11,13H2,1-3H3. The summed E-state index contributed by atoms with van der Waals surface area (Å²) in [6, 6.07) is 9.67. The molecule has 0 N–H and O–H groups in total. The molecule has 0 aliphatic carbocycles. The van der Waals surface area contributed by atoms with Gasteiger partial charge in [-0.2, -0.15) is 0 Å². The van der Waals surface area contributed by atoms with Crippen LogP contribution in [0.5, 0.6) is 5.88 Å². The number of methoxy groups -OCH3 is 2. The Balaban J connectivity index is 1.82. The number of fused-ring (bicyclic) bond motifs is 1. The van der Waals surface area contributed by atoms with Crippen LogP contribution < -0.4 is 4.74 Å². The van der Waals surface area contributed by atoms with Crippen LogP contribution in [-0.4, -0.2) is 49.7 Å². The minimum absolute atomic E-state index is 0.0291. The second-order valence-electron chi connectivity index (χ2n) is 6.77. The van der Waals surface area contributed by atoms with Gasteiger partial charge >= 0.3 is 0 Å². The van der Waals surface area contributed by atoms with E-state index < -0.39 is 0 Å². The average Bonchev–Trinajstić information content (AvgIpc) is 2.61. The highest BCUT2D eigenvalue weighted by Gasteiger charge is 2.32. The summed E-state index contributed by atoms with van der Waals surface area (Å²) < 4.78 is 10.7. The summed E-state index contributed by atoms with van der Waals surface area (Å²) in [6.07, 6.45) is 1.88. The molecule has 1 aliphatic rings. The minimum Gasteiger partial charge on any atom is -0.481 e. The molecule has 24 heavy (non-hydrogen) atoms. The van der Waals surface area contributed by atoms with Crippen molar-refractivity contribution < 1.29 is 14.3 Å². The summed E-state index contributed by atoms with van der Waals surface area (Å²) in [6.45, 7) is 4.41. The number of likely N-dealkylation sites (tertiary alicyclic amines) is 1. The largest absolute Gasteiger partial charge is 0.481 e. The van der Waals surface area contributed by atoms with Gasteiger partial charge < -0.3 is 14.4 Å². The molecule has 5 heteroatoms. The van der Waals surface area contributed by atoms with Gasteiger partial charge in [-0.1, -0.05) is 25.1 Å². The first-order valence-electron chi connectivity index (χ1n) is 8.28. The molecule has 0 spiro atoms. The Morgan fingerprint density at radius 3 is 2.62 bits per heavy atom. The van der Waals surface area contributed by atoms with Crippen molar-refractivity contribution in [1.82, 2.24) is 9.88 Å². The highest BCUT2D eigenvalue weighted by atomic mass is 16.5. The number of hydrogen-bond acceptors (Lipinski definition) is 4. The van der Waals surface area contributed by atoms with E-state index in [-0.39, 0.29) is 11.3 Å². The van der Waals surface area contributed by atoms with Crippen molar-refractivity contribution in [2.75, 3.05) is 33.9 Å². The molecule has 128 valence electrons. The Hall–Kier alpha value is -2.14. The zero-order chi connectivity index (χ0) is 17.2. The lowest BCUT2D eigenvalue weighted by atomic mass is 9.81. The highest BCUT2D eigenvalue weighted by Crippen LogP contribution is 2.32. The number of ether oxygens (including phenoxy) is 2. The van der Waals surface area contributed by atoms with Crippen LogP contribution in [0.1, 0.15) is 30.3 Å². The van der Waals surface area contributed by atoms with E-state index in [1.165, 1.54) is 0 Å². The maximum atomic E-state index is 12.9. The van der Waals surface area contributed by atoms with Crippen LogP contribution in [-0.2, 0) is 4.74 Å². The lowest BCUT2D eigenvalue weighted by Crippen LogP contribution is -2.43. The van der Waals surface area contributed by atoms with Gasteiger partial charge in [0.05, 0.1) is 13.7 Å². The second kappa shape index (κ2) is 6.77. The van der Waals surface area contributed by atoms with Crippen LogP contribution in [0.4, 0.5) is 0 Å². The number of pyridine rings is 1. The lowest BCUT2D eigenvalue weighted by molar-refractivity contribution is 0.0298. The van der Waals surface area contributed by atoms with E-state index in [9.17, 15) is 4.79 Å². The van der Waals surface area contributed by atoms with Gasteiger partial charge in [-0.3, -0.25) is 4.79 Å². The van der Waals surface area contributed by atoms with Gasteiger partial charge in [-0.25, -0.2) is 4.98 Å². The van der Waals surface area contributed by atoms with Crippen LogP contribution >= 0.6 is 0 Å². The minimum atomic E-state index is -0.0291. The fraction of sp³-hybridized carbons (Fsp3) is 0.474. The molecule has 1 saturated heterocycles. The number of hydrogen-bond donors (Lipinski definition) is 0. The maximum absolute atomic E-state index is 12.9. The molecule has 1 aliphatic heterocycles. The van der Waals surface area contributed by atoms with Crippen LogP contribution in [0.3, 0.4) is 0 Å². The molecule has 0 bridgehead atoms. The molecule has 5 nitrogen and oxygen atoms in total. The fourth-order valence-corrected chi connectivity index (χ4v) is 3.34. The Kier molecular flexibility index (Phi) is 4.71. The number of carbonyl (C=O) groups excluding carboxylic acids is 1. The Labute approximate surface area is 142 Å². The summed E-state index contributed by atoms with van der Waals surface area (Å²) >= 11 is 0. The Morgan fingerprint density at radius 2 is 1.96 bits per heavy atom. The molecule has 1 amide bonds. The number of nitrogens with zero attached hydrogens (tertiary/aromatic N) is 2. The van der Waals surface area contributed by atoms with E-state index in [2.05, 4.69) is 11.9 Å². The van der Waals surface area contributed by atoms with Crippen molar-refractivity contribution in [3.05, 3.63) is 36.0 Å². The molecule has 0 atom stereocenters. The van der Waals surface area contributed by atoms with Gasteiger partial charge in [-0.15, -0.1) is 0 Å². The van der Waals surface area contributed by atoms with Crippen molar-refractivity contribution in [2.24, 2.45) is 5.41 Å². The number of aromatic nitrogens is 1. The number of carbonyl (C=O) groups is 1. The lowest BCUT2D eigenvalue weighted by Gasteiger charge is -2.38. The molecule has 1 fully saturated rings. The van der Waals surface area contributed by atoms with Crippen molar-refractivity contribution in [2.45, 2.75) is 19.8 Å². The normalized spacial score (nSPS) is 17.0. The number of piperidine rings is 1. The maximum Gasteiger partial charge on any atom is 0.272 e. The molecule has 2 heterocycles. The highest BCUT2D eigenvalue weighted by molar-refractivity contribution is 5.98. The zero-order valence-corrected chi connectivity index (χ0v) is 14.5. The van der Waals surface area contributed by atoms with Gasteiger partial charge in [-0.05, 0) is 35.8 Å². The third-order valence-corrected chi connectivity index (χ3v) is 4.87. The summed E-state index contributed by atoms with van der Waals surface area (Å²) in [5, 5.41) is 1.89. The van der Waals surface area contributed by atoms with E-state index in [0.29, 0.717) is 11.6 Å². The monoisotopic (exact) mass is 328 g/mol. The van der Waals surface area contributed by atoms with Gasteiger partial charge in [0.2, 0.25) is 5.88 Å². The van der Waals surface area contributed by atoms with Crippen LogP contribution in [0.15, 0.2) is 30.3 Å². The first-order chi connectivity index (χ1) is 11.6. The van der Waals surface area contributed by atoms with Gasteiger partial charge in [0, 0.05) is 25.6 Å². The molecular formula is C19H24N2O3. The zero-order valence-electron chi connectivity index (χ0n) is 14.5. The van der Waals surface area contributed by atoms with Crippen LogP contribution in [0.2, 0.25) is 0 Å². The molecule has 0 radical (unpaired) electrons. The van der Waals surface area contributed by atoms with Crippen molar-refractivity contribution in [3.63, 3.8) is 0 Å². The van der Waals surface area contributed by atoms with E-state index >= 15 is 0 Å². The molecule has 0 unspecified atom stereocenters. The van der Waals surface area contributed by atoms with Gasteiger partial charge in [0.1, 0.15) is 5.69 Å². The third-order valence-electron chi connectivity index (χ3n) is 4.87. The summed E-state index contributed by atoms with van der Waals surface area (Å²) in [4.78, 5) is 19.2. The first-order valence-corrected chi connectivity index (χ1v) is 8.28. The quantitative estimate of drug-likeness (QED) is 0.865. The smallest absolute Gasteiger partial charge is 0.272 e. The van der Waals surface area contributed by atoms with Crippen molar-refractivity contribution in [3.8, 4) is 5.88 Å². The van der Waals surface area contributed by atoms with Gasteiger partial charge in [0.25, 0.3) is 5.91 Å². The van der Waals surface area contributed by atoms with E-state index in [0.717, 1.165) is 43.3 Å². The van der Waals surface area contributed by atoms with Crippen molar-refractivity contribution >= 4 is 16.7 Å². The number of benzene rings is 1. The summed E-state index contributed by atoms with van der Waals surface area (Å²) in [5.74, 6) is 0.469. The Morgan fingerprint density at radius 1 is 1.25 bits per heavy atom. The average molecular weight is 328 g/mol. The van der Waals surface area contributed by atoms with Crippen molar-refractivity contribution in [1.29, 1.82) is 0 Å². The molecule has 0 saturated carbocycles. The SMILES string of the molecule is COCC1(C)CCN(C(=O)c2cc3ccccc3c(OC)n2)CC1. The predicted octanol–water partition coefficient (Wildman–Crippen LogP) is 3.13.